The molecule has 2 bridgehead atoms. The van der Waals surface area contributed by atoms with Crippen LogP contribution in [-0.4, -0.2) is 15.9 Å². The molecule has 108 valence electrons. The normalized spacial score (nSPS) is 35.0. The van der Waals surface area contributed by atoms with Crippen LogP contribution in [0.3, 0.4) is 0 Å². The summed E-state index contributed by atoms with van der Waals surface area (Å²) >= 11 is 0. The second kappa shape index (κ2) is 4.90. The fourth-order valence-corrected chi connectivity index (χ4v) is 4.71. The first-order valence-electron chi connectivity index (χ1n) is 8.11. The number of imidazole rings is 1. The molecule has 3 aliphatic carbocycles. The Balaban J connectivity index is 1.37. The summed E-state index contributed by atoms with van der Waals surface area (Å²) < 4.78 is 0. The number of aromatic amines is 1. The van der Waals surface area contributed by atoms with E-state index >= 15 is 0 Å². The van der Waals surface area contributed by atoms with Gasteiger partial charge in [0.05, 0.1) is 18.1 Å². The average Bonchev–Trinajstić information content (AvgIpc) is 3.14. The molecule has 3 aliphatic rings. The van der Waals surface area contributed by atoms with Gasteiger partial charge in [0.15, 0.2) is 0 Å². The van der Waals surface area contributed by atoms with Crippen molar-refractivity contribution in [2.24, 2.45) is 17.8 Å². The van der Waals surface area contributed by atoms with Crippen LogP contribution in [0.2, 0.25) is 0 Å². The van der Waals surface area contributed by atoms with Gasteiger partial charge in [-0.05, 0) is 56.3 Å². The lowest BCUT2D eigenvalue weighted by Gasteiger charge is -2.25. The Hall–Kier alpha value is -1.32. The molecule has 1 aromatic heterocycles. The van der Waals surface area contributed by atoms with Gasteiger partial charge >= 0.3 is 0 Å². The molecule has 4 unspecified atom stereocenters. The third-order valence-corrected chi connectivity index (χ3v) is 5.67. The van der Waals surface area contributed by atoms with Gasteiger partial charge in [0, 0.05) is 12.1 Å². The van der Waals surface area contributed by atoms with E-state index in [4.69, 9.17) is 0 Å². The van der Waals surface area contributed by atoms with E-state index in [1.807, 2.05) is 0 Å². The molecule has 4 atom stereocenters. The molecule has 4 rings (SSSR count). The Bertz CT molecular complexity index is 510. The van der Waals surface area contributed by atoms with Crippen LogP contribution in [-0.2, 0) is 11.2 Å². The summed E-state index contributed by atoms with van der Waals surface area (Å²) in [7, 11) is 0. The van der Waals surface area contributed by atoms with E-state index in [2.05, 4.69) is 15.3 Å². The number of carbonyl (C=O) groups is 1. The topological polar surface area (TPSA) is 57.8 Å². The first-order valence-corrected chi connectivity index (χ1v) is 8.11. The van der Waals surface area contributed by atoms with Crippen LogP contribution in [0.25, 0.3) is 0 Å². The number of amides is 1. The third kappa shape index (κ3) is 2.15. The van der Waals surface area contributed by atoms with Gasteiger partial charge in [0.2, 0.25) is 5.91 Å². The summed E-state index contributed by atoms with van der Waals surface area (Å²) in [5, 5.41) is 3.23. The van der Waals surface area contributed by atoms with Gasteiger partial charge in [-0.25, -0.2) is 4.98 Å². The summed E-state index contributed by atoms with van der Waals surface area (Å²) in [5.74, 6) is 2.64. The molecule has 20 heavy (non-hydrogen) atoms. The number of nitrogens with zero attached hydrogens (tertiary/aromatic N) is 1. The van der Waals surface area contributed by atoms with Crippen LogP contribution in [0.15, 0.2) is 6.33 Å². The van der Waals surface area contributed by atoms with E-state index in [9.17, 15) is 4.79 Å². The molecule has 0 spiro atoms. The van der Waals surface area contributed by atoms with Gasteiger partial charge in [0.25, 0.3) is 0 Å². The molecule has 1 amide bonds. The zero-order valence-corrected chi connectivity index (χ0v) is 11.9. The lowest BCUT2D eigenvalue weighted by molar-refractivity contribution is -0.123. The van der Waals surface area contributed by atoms with Gasteiger partial charge in [0.1, 0.15) is 0 Å². The van der Waals surface area contributed by atoms with Crippen molar-refractivity contribution in [2.75, 3.05) is 0 Å². The molecular weight excluding hydrogens is 250 g/mol. The second-order valence-corrected chi connectivity index (χ2v) is 6.92. The first-order chi connectivity index (χ1) is 9.79. The van der Waals surface area contributed by atoms with Crippen molar-refractivity contribution in [1.82, 2.24) is 15.3 Å². The molecule has 0 saturated heterocycles. The smallest absolute Gasteiger partial charge is 0.220 e. The number of H-pyrrole nitrogens is 1. The molecule has 0 aliphatic heterocycles. The van der Waals surface area contributed by atoms with Gasteiger partial charge in [-0.2, -0.15) is 0 Å². The molecule has 2 N–H and O–H groups in total. The zero-order chi connectivity index (χ0) is 13.5. The molecule has 4 nitrogen and oxygen atoms in total. The van der Waals surface area contributed by atoms with Gasteiger partial charge in [-0.15, -0.1) is 0 Å². The van der Waals surface area contributed by atoms with Crippen LogP contribution >= 0.6 is 0 Å². The molecule has 4 heteroatoms. The number of aryl methyl sites for hydroxylation is 1. The third-order valence-electron chi connectivity index (χ3n) is 5.67. The minimum atomic E-state index is 0.135. The van der Waals surface area contributed by atoms with E-state index in [0.29, 0.717) is 5.92 Å². The molecule has 0 aromatic carbocycles. The molecule has 2 saturated carbocycles. The average molecular weight is 273 g/mol. The summed E-state index contributed by atoms with van der Waals surface area (Å²) in [6, 6.07) is 0.135. The summed E-state index contributed by atoms with van der Waals surface area (Å²) in [4.78, 5) is 19.9. The predicted molar refractivity (Wildman–Crippen MR) is 76.0 cm³/mol. The second-order valence-electron chi connectivity index (χ2n) is 6.92. The number of hydrogen-bond donors (Lipinski definition) is 2. The molecule has 2 fully saturated rings. The SMILES string of the molecule is O=C(CC1CC2CCC1C2)NC1CCCc2[nH]cnc21. The number of aromatic nitrogens is 2. The monoisotopic (exact) mass is 273 g/mol. The zero-order valence-electron chi connectivity index (χ0n) is 11.9. The fourth-order valence-electron chi connectivity index (χ4n) is 4.71. The van der Waals surface area contributed by atoms with E-state index in [-0.39, 0.29) is 11.9 Å². The first kappa shape index (κ1) is 12.4. The van der Waals surface area contributed by atoms with Crippen molar-refractivity contribution in [3.63, 3.8) is 0 Å². The lowest BCUT2D eigenvalue weighted by atomic mass is 9.86. The minimum Gasteiger partial charge on any atom is -0.348 e. The highest BCUT2D eigenvalue weighted by Crippen LogP contribution is 2.49. The summed E-state index contributed by atoms with van der Waals surface area (Å²) in [6.45, 7) is 0. The number of hydrogen-bond acceptors (Lipinski definition) is 2. The van der Waals surface area contributed by atoms with E-state index < -0.39 is 0 Å². The van der Waals surface area contributed by atoms with Crippen molar-refractivity contribution in [1.29, 1.82) is 0 Å². The van der Waals surface area contributed by atoms with Gasteiger partial charge in [-0.1, -0.05) is 6.42 Å². The Labute approximate surface area is 119 Å². The maximum Gasteiger partial charge on any atom is 0.220 e. The molecule has 1 aromatic rings. The molecular formula is C16H23N3O. The Morgan fingerprint density at radius 1 is 1.35 bits per heavy atom. The number of rotatable bonds is 3. The van der Waals surface area contributed by atoms with Crippen LogP contribution < -0.4 is 5.32 Å². The minimum absolute atomic E-state index is 0.135. The summed E-state index contributed by atoms with van der Waals surface area (Å²) in [5.41, 5.74) is 2.28. The van der Waals surface area contributed by atoms with Crippen molar-refractivity contribution in [3.8, 4) is 0 Å². The molecule has 1 heterocycles. The van der Waals surface area contributed by atoms with Crippen molar-refractivity contribution < 1.29 is 4.79 Å². The standard InChI is InChI=1S/C16H23N3O/c20-15(8-12-7-10-4-5-11(12)6-10)19-14-3-1-2-13-16(14)18-9-17-13/h9-12,14H,1-8H2,(H,17,18)(H,19,20). The number of nitrogens with one attached hydrogen (secondary N) is 2. The Morgan fingerprint density at radius 2 is 2.30 bits per heavy atom. The number of carbonyl (C=O) groups excluding carboxylic acids is 1. The fraction of sp³-hybridized carbons (Fsp3) is 0.750. The van der Waals surface area contributed by atoms with Crippen LogP contribution in [0.4, 0.5) is 0 Å². The van der Waals surface area contributed by atoms with Crippen LogP contribution in [0, 0.1) is 17.8 Å². The van der Waals surface area contributed by atoms with E-state index in [1.165, 1.54) is 31.4 Å². The highest BCUT2D eigenvalue weighted by molar-refractivity contribution is 5.76. The summed E-state index contributed by atoms with van der Waals surface area (Å²) in [6.07, 6.45) is 11.1. The Morgan fingerprint density at radius 3 is 3.10 bits per heavy atom. The van der Waals surface area contributed by atoms with E-state index in [1.54, 1.807) is 6.33 Å². The predicted octanol–water partition coefficient (Wildman–Crippen LogP) is 2.73. The molecule has 0 radical (unpaired) electrons. The lowest BCUT2D eigenvalue weighted by Crippen LogP contribution is -2.33. The van der Waals surface area contributed by atoms with Crippen molar-refractivity contribution >= 4 is 5.91 Å². The maximum atomic E-state index is 12.3. The van der Waals surface area contributed by atoms with Crippen LogP contribution in [0.5, 0.6) is 0 Å². The highest BCUT2D eigenvalue weighted by Gasteiger charge is 2.40. The van der Waals surface area contributed by atoms with Crippen LogP contribution in [0.1, 0.15) is 62.4 Å². The largest absolute Gasteiger partial charge is 0.348 e. The maximum absolute atomic E-state index is 12.3. The van der Waals surface area contributed by atoms with Gasteiger partial charge < -0.3 is 10.3 Å². The van der Waals surface area contributed by atoms with Crippen molar-refractivity contribution in [2.45, 2.75) is 57.4 Å². The van der Waals surface area contributed by atoms with Gasteiger partial charge in [-0.3, -0.25) is 4.79 Å². The number of fused-ring (bicyclic) bond motifs is 3. The highest BCUT2D eigenvalue weighted by atomic mass is 16.1. The quantitative estimate of drug-likeness (QED) is 0.889. The van der Waals surface area contributed by atoms with Crippen molar-refractivity contribution in [3.05, 3.63) is 17.7 Å². The Kier molecular flexibility index (Phi) is 3.04. The van der Waals surface area contributed by atoms with E-state index in [0.717, 1.165) is 43.2 Å².